The van der Waals surface area contributed by atoms with Crippen molar-refractivity contribution in [2.24, 2.45) is 4.99 Å². The monoisotopic (exact) mass is 359 g/mol. The van der Waals surface area contributed by atoms with E-state index in [2.05, 4.69) is 33.2 Å². The van der Waals surface area contributed by atoms with Crippen molar-refractivity contribution in [3.63, 3.8) is 0 Å². The molecule has 136 valence electrons. The van der Waals surface area contributed by atoms with Gasteiger partial charge in [0.05, 0.1) is 17.0 Å². The third kappa shape index (κ3) is 3.28. The molecule has 0 fully saturated rings. The molecule has 1 N–H and O–H groups in total. The zero-order chi connectivity index (χ0) is 19.0. The highest BCUT2D eigenvalue weighted by Crippen LogP contribution is 2.36. The normalized spacial score (nSPS) is 17.1. The molecule has 0 aliphatic carbocycles. The number of aromatic amines is 1. The van der Waals surface area contributed by atoms with Crippen molar-refractivity contribution in [1.82, 2.24) is 9.97 Å². The highest BCUT2D eigenvalue weighted by atomic mass is 16.5. The summed E-state index contributed by atoms with van der Waals surface area (Å²) >= 11 is 0. The number of esters is 1. The van der Waals surface area contributed by atoms with Crippen molar-refractivity contribution in [2.45, 2.75) is 33.1 Å². The van der Waals surface area contributed by atoms with Crippen LogP contribution in [0.2, 0.25) is 0 Å². The summed E-state index contributed by atoms with van der Waals surface area (Å²) < 4.78 is 5.87. The van der Waals surface area contributed by atoms with Crippen molar-refractivity contribution >= 4 is 22.6 Å². The van der Waals surface area contributed by atoms with Gasteiger partial charge in [-0.3, -0.25) is 9.98 Å². The number of ether oxygens (including phenoxy) is 1. The molecule has 0 amide bonds. The van der Waals surface area contributed by atoms with Crippen molar-refractivity contribution in [1.29, 1.82) is 0 Å². The molecular weight excluding hydrogens is 338 g/mol. The van der Waals surface area contributed by atoms with Crippen LogP contribution in [0.1, 0.15) is 47.8 Å². The van der Waals surface area contributed by atoms with Gasteiger partial charge in [-0.15, -0.1) is 0 Å². The minimum atomic E-state index is -0.391. The van der Waals surface area contributed by atoms with Crippen LogP contribution in [0.5, 0.6) is 0 Å². The highest BCUT2D eigenvalue weighted by Gasteiger charge is 2.28. The summed E-state index contributed by atoms with van der Waals surface area (Å²) in [4.78, 5) is 24.7. The zero-order valence-electron chi connectivity index (χ0n) is 15.6. The number of pyridine rings is 1. The average molecular weight is 359 g/mol. The molecule has 0 bridgehead atoms. The van der Waals surface area contributed by atoms with Gasteiger partial charge >= 0.3 is 5.97 Å². The van der Waals surface area contributed by atoms with Crippen LogP contribution in [-0.4, -0.2) is 21.6 Å². The fraction of sp³-hybridized carbons (Fsp3) is 0.227. The molecule has 4 rings (SSSR count). The summed E-state index contributed by atoms with van der Waals surface area (Å²) in [6.45, 7) is 5.71. The molecule has 1 aliphatic heterocycles. The lowest BCUT2D eigenvalue weighted by atomic mass is 9.88. The van der Waals surface area contributed by atoms with E-state index in [4.69, 9.17) is 4.74 Å². The number of H-pyrrole nitrogens is 1. The lowest BCUT2D eigenvalue weighted by Gasteiger charge is -2.25. The minimum Gasteiger partial charge on any atom is -0.425 e. The van der Waals surface area contributed by atoms with Crippen molar-refractivity contribution in [3.05, 3.63) is 77.1 Å². The lowest BCUT2D eigenvalue weighted by Crippen LogP contribution is -2.19. The summed E-state index contributed by atoms with van der Waals surface area (Å²) in [6.07, 6.45) is 4.32. The number of fused-ring (bicyclic) bond motifs is 1. The summed E-state index contributed by atoms with van der Waals surface area (Å²) in [5.74, 6) is 0.184. The second kappa shape index (κ2) is 6.83. The summed E-state index contributed by atoms with van der Waals surface area (Å²) in [7, 11) is 0. The molecule has 0 radical (unpaired) electrons. The minimum absolute atomic E-state index is 0.0391. The summed E-state index contributed by atoms with van der Waals surface area (Å²) in [5, 5.41) is 1.14. The standard InChI is InChI=1S/C22H21N3O2/c1-13-11-19(16-6-7-20-17(12-16)8-10-24-20)21(15(3)25-13)27-22(26)18-5-4-9-23-14(18)2/h4-10,12,19,24H,11H2,1-3H3. The first kappa shape index (κ1) is 17.2. The van der Waals surface area contributed by atoms with E-state index < -0.39 is 5.97 Å². The Morgan fingerprint density at radius 1 is 1.19 bits per heavy atom. The van der Waals surface area contributed by atoms with Crippen LogP contribution in [0.25, 0.3) is 10.9 Å². The van der Waals surface area contributed by atoms with E-state index in [1.54, 1.807) is 25.3 Å². The van der Waals surface area contributed by atoms with Gasteiger partial charge < -0.3 is 9.72 Å². The number of allylic oxidation sites excluding steroid dienone is 2. The van der Waals surface area contributed by atoms with Crippen molar-refractivity contribution in [2.75, 3.05) is 0 Å². The molecule has 0 spiro atoms. The number of rotatable bonds is 3. The molecule has 3 heterocycles. The number of nitrogens with zero attached hydrogens (tertiary/aromatic N) is 2. The summed E-state index contributed by atoms with van der Waals surface area (Å²) in [5.41, 5.74) is 5.11. The molecule has 0 saturated carbocycles. The van der Waals surface area contributed by atoms with E-state index in [1.807, 2.05) is 26.1 Å². The van der Waals surface area contributed by atoms with Gasteiger partial charge in [0.15, 0.2) is 0 Å². The number of benzene rings is 1. The SMILES string of the molecule is CC1=NC(C)=C(OC(=O)c2cccnc2C)C(c2ccc3[nH]ccc3c2)C1. The maximum absolute atomic E-state index is 12.8. The molecule has 0 saturated heterocycles. The molecule has 5 nitrogen and oxygen atoms in total. The zero-order valence-corrected chi connectivity index (χ0v) is 15.6. The van der Waals surface area contributed by atoms with E-state index in [1.165, 1.54) is 0 Å². The number of hydrogen-bond donors (Lipinski definition) is 1. The number of aliphatic imine (C=N–C) groups is 1. The van der Waals surface area contributed by atoms with Crippen LogP contribution in [0, 0.1) is 6.92 Å². The first-order chi connectivity index (χ1) is 13.0. The van der Waals surface area contributed by atoms with Gasteiger partial charge in [0, 0.05) is 29.5 Å². The number of nitrogens with one attached hydrogen (secondary N) is 1. The highest BCUT2D eigenvalue weighted by molar-refractivity contribution is 5.92. The Kier molecular flexibility index (Phi) is 4.36. The first-order valence-corrected chi connectivity index (χ1v) is 8.98. The second-order valence-corrected chi connectivity index (χ2v) is 6.90. The van der Waals surface area contributed by atoms with E-state index in [0.717, 1.165) is 34.3 Å². The number of aryl methyl sites for hydroxylation is 1. The van der Waals surface area contributed by atoms with Crippen molar-refractivity contribution in [3.8, 4) is 0 Å². The van der Waals surface area contributed by atoms with Gasteiger partial charge in [-0.05, 0) is 68.5 Å². The second-order valence-electron chi connectivity index (χ2n) is 6.90. The first-order valence-electron chi connectivity index (χ1n) is 8.98. The molecule has 27 heavy (non-hydrogen) atoms. The van der Waals surface area contributed by atoms with Gasteiger partial charge in [-0.2, -0.15) is 0 Å². The lowest BCUT2D eigenvalue weighted by molar-refractivity contribution is 0.0598. The fourth-order valence-electron chi connectivity index (χ4n) is 3.58. The molecule has 1 unspecified atom stereocenters. The van der Waals surface area contributed by atoms with E-state index >= 15 is 0 Å². The molecule has 1 aromatic carbocycles. The fourth-order valence-corrected chi connectivity index (χ4v) is 3.58. The van der Waals surface area contributed by atoms with Gasteiger partial charge in [0.2, 0.25) is 0 Å². The van der Waals surface area contributed by atoms with E-state index in [0.29, 0.717) is 17.0 Å². The summed E-state index contributed by atoms with van der Waals surface area (Å²) in [6, 6.07) is 11.8. The van der Waals surface area contributed by atoms with Crippen LogP contribution in [0.4, 0.5) is 0 Å². The predicted octanol–water partition coefficient (Wildman–Crippen LogP) is 4.91. The van der Waals surface area contributed by atoms with Crippen LogP contribution >= 0.6 is 0 Å². The Morgan fingerprint density at radius 3 is 2.85 bits per heavy atom. The molecule has 2 aromatic heterocycles. The third-order valence-electron chi connectivity index (χ3n) is 4.94. The molecular formula is C22H21N3O2. The Morgan fingerprint density at radius 2 is 2.04 bits per heavy atom. The number of carbonyl (C=O) groups excluding carboxylic acids is 1. The van der Waals surface area contributed by atoms with Gasteiger partial charge in [0.25, 0.3) is 0 Å². The molecule has 3 aromatic rings. The molecule has 1 atom stereocenters. The number of hydrogen-bond acceptors (Lipinski definition) is 4. The third-order valence-corrected chi connectivity index (χ3v) is 4.94. The molecule has 5 heteroatoms. The smallest absolute Gasteiger partial charge is 0.345 e. The van der Waals surface area contributed by atoms with E-state index in [9.17, 15) is 4.79 Å². The van der Waals surface area contributed by atoms with E-state index in [-0.39, 0.29) is 5.92 Å². The van der Waals surface area contributed by atoms with Gasteiger partial charge in [-0.25, -0.2) is 4.79 Å². The predicted molar refractivity (Wildman–Crippen MR) is 106 cm³/mol. The Bertz CT molecular complexity index is 1090. The Labute approximate surface area is 157 Å². The van der Waals surface area contributed by atoms with Crippen LogP contribution in [0.15, 0.2) is 65.2 Å². The average Bonchev–Trinajstić information content (AvgIpc) is 3.11. The maximum atomic E-state index is 12.8. The van der Waals surface area contributed by atoms with Crippen molar-refractivity contribution < 1.29 is 9.53 Å². The van der Waals surface area contributed by atoms with Crippen LogP contribution < -0.4 is 0 Å². The largest absolute Gasteiger partial charge is 0.425 e. The van der Waals surface area contributed by atoms with Gasteiger partial charge in [-0.1, -0.05) is 6.07 Å². The van der Waals surface area contributed by atoms with Crippen LogP contribution in [-0.2, 0) is 4.74 Å². The Hall–Kier alpha value is -3.21. The van der Waals surface area contributed by atoms with Gasteiger partial charge in [0.1, 0.15) is 5.76 Å². The topological polar surface area (TPSA) is 67.3 Å². The molecule has 1 aliphatic rings. The van der Waals surface area contributed by atoms with Crippen LogP contribution in [0.3, 0.4) is 0 Å². The number of carbonyl (C=O) groups is 1. The maximum Gasteiger partial charge on any atom is 0.345 e. The Balaban J connectivity index is 1.71. The quantitative estimate of drug-likeness (QED) is 0.676. The number of aromatic nitrogens is 2.